The van der Waals surface area contributed by atoms with Gasteiger partial charge in [0.25, 0.3) is 11.6 Å². The molecule has 0 spiro atoms. The summed E-state index contributed by atoms with van der Waals surface area (Å²) in [6, 6.07) is 17.1. The molecule has 0 bridgehead atoms. The SMILES string of the molecule is O=C(c1cc(Cl)c(OCc2ccccc2)c(Cl)c1)N1CCc2cc([N+](=O)[O-])ccc21. The maximum absolute atomic E-state index is 13.1. The van der Waals surface area contributed by atoms with Crippen molar-refractivity contribution in [1.29, 1.82) is 0 Å². The highest BCUT2D eigenvalue weighted by Crippen LogP contribution is 2.37. The number of ether oxygens (including phenoxy) is 1. The first-order valence-corrected chi connectivity index (χ1v) is 9.94. The Hall–Kier alpha value is -3.09. The number of nitro benzene ring substituents is 1. The van der Waals surface area contributed by atoms with E-state index in [1.807, 2.05) is 30.3 Å². The normalized spacial score (nSPS) is 12.5. The van der Waals surface area contributed by atoms with Crippen LogP contribution < -0.4 is 9.64 Å². The lowest BCUT2D eigenvalue weighted by Gasteiger charge is -2.18. The van der Waals surface area contributed by atoms with Crippen LogP contribution in [0.3, 0.4) is 0 Å². The van der Waals surface area contributed by atoms with Crippen LogP contribution in [0, 0.1) is 10.1 Å². The van der Waals surface area contributed by atoms with Crippen molar-refractivity contribution in [3.05, 3.63) is 97.5 Å². The minimum Gasteiger partial charge on any atom is -0.486 e. The molecule has 1 aliphatic heterocycles. The highest BCUT2D eigenvalue weighted by molar-refractivity contribution is 6.37. The fraction of sp³-hybridized carbons (Fsp3) is 0.136. The van der Waals surface area contributed by atoms with Gasteiger partial charge in [0.05, 0.1) is 15.0 Å². The van der Waals surface area contributed by atoms with Crippen molar-refractivity contribution < 1.29 is 14.5 Å². The summed E-state index contributed by atoms with van der Waals surface area (Å²) < 4.78 is 5.75. The van der Waals surface area contributed by atoms with Gasteiger partial charge in [-0.15, -0.1) is 0 Å². The number of benzene rings is 3. The zero-order valence-electron chi connectivity index (χ0n) is 15.7. The largest absolute Gasteiger partial charge is 0.486 e. The number of nitro groups is 1. The molecule has 4 rings (SSSR count). The second-order valence-electron chi connectivity index (χ2n) is 6.82. The lowest BCUT2D eigenvalue weighted by atomic mass is 10.1. The van der Waals surface area contributed by atoms with Crippen molar-refractivity contribution in [1.82, 2.24) is 0 Å². The van der Waals surface area contributed by atoms with Crippen molar-refractivity contribution in [3.8, 4) is 5.75 Å². The Labute approximate surface area is 182 Å². The van der Waals surface area contributed by atoms with Gasteiger partial charge >= 0.3 is 0 Å². The number of halogens is 2. The lowest BCUT2D eigenvalue weighted by molar-refractivity contribution is -0.384. The van der Waals surface area contributed by atoms with Crippen molar-refractivity contribution in [3.63, 3.8) is 0 Å². The van der Waals surface area contributed by atoms with Gasteiger partial charge in [-0.25, -0.2) is 0 Å². The van der Waals surface area contributed by atoms with Gasteiger partial charge in [-0.2, -0.15) is 0 Å². The molecule has 1 aliphatic rings. The molecule has 30 heavy (non-hydrogen) atoms. The number of carbonyl (C=O) groups excluding carboxylic acids is 1. The van der Waals surface area contributed by atoms with Crippen molar-refractivity contribution in [2.45, 2.75) is 13.0 Å². The summed E-state index contributed by atoms with van der Waals surface area (Å²) in [5.74, 6) is 0.0391. The molecule has 0 saturated carbocycles. The molecule has 152 valence electrons. The smallest absolute Gasteiger partial charge is 0.269 e. The fourth-order valence-electron chi connectivity index (χ4n) is 3.42. The molecule has 3 aromatic rings. The van der Waals surface area contributed by atoms with E-state index in [2.05, 4.69) is 0 Å². The monoisotopic (exact) mass is 442 g/mol. The van der Waals surface area contributed by atoms with Crippen LogP contribution in [0.1, 0.15) is 21.5 Å². The van der Waals surface area contributed by atoms with Crippen molar-refractivity contribution in [2.24, 2.45) is 0 Å². The molecule has 0 aliphatic carbocycles. The predicted molar refractivity (Wildman–Crippen MR) is 116 cm³/mol. The Morgan fingerprint density at radius 2 is 1.77 bits per heavy atom. The Morgan fingerprint density at radius 3 is 2.43 bits per heavy atom. The maximum Gasteiger partial charge on any atom is 0.269 e. The van der Waals surface area contributed by atoms with E-state index in [1.165, 1.54) is 24.3 Å². The summed E-state index contributed by atoms with van der Waals surface area (Å²) in [6.45, 7) is 0.725. The number of nitrogens with zero attached hydrogens (tertiary/aromatic N) is 2. The number of non-ortho nitro benzene ring substituents is 1. The van der Waals surface area contributed by atoms with Crippen LogP contribution in [0.5, 0.6) is 5.75 Å². The predicted octanol–water partition coefficient (Wildman–Crippen LogP) is 5.68. The summed E-state index contributed by atoms with van der Waals surface area (Å²) >= 11 is 12.7. The van der Waals surface area contributed by atoms with Crippen LogP contribution in [0.2, 0.25) is 10.0 Å². The molecule has 8 heteroatoms. The van der Waals surface area contributed by atoms with Gasteiger partial charge in [0, 0.05) is 29.9 Å². The van der Waals surface area contributed by atoms with Gasteiger partial charge < -0.3 is 9.64 Å². The molecule has 0 fully saturated rings. The lowest BCUT2D eigenvalue weighted by Crippen LogP contribution is -2.28. The van der Waals surface area contributed by atoms with Crippen molar-refractivity contribution >= 4 is 40.5 Å². The van der Waals surface area contributed by atoms with E-state index >= 15 is 0 Å². The minimum absolute atomic E-state index is 0.00838. The Kier molecular flexibility index (Phi) is 5.61. The molecule has 1 heterocycles. The Balaban J connectivity index is 1.55. The first-order chi connectivity index (χ1) is 14.4. The quantitative estimate of drug-likeness (QED) is 0.376. The number of hydrogen-bond donors (Lipinski definition) is 0. The summed E-state index contributed by atoms with van der Waals surface area (Å²) in [6.07, 6.45) is 0.544. The number of anilines is 1. The molecular weight excluding hydrogens is 427 g/mol. The van der Waals surface area contributed by atoms with E-state index in [4.69, 9.17) is 27.9 Å². The molecule has 0 saturated heterocycles. The first kappa shape index (κ1) is 20.2. The van der Waals surface area contributed by atoms with E-state index in [0.29, 0.717) is 36.6 Å². The van der Waals surface area contributed by atoms with Crippen LogP contribution >= 0.6 is 23.2 Å². The van der Waals surface area contributed by atoms with Crippen LogP contribution in [0.4, 0.5) is 11.4 Å². The third-order valence-electron chi connectivity index (χ3n) is 4.89. The number of fused-ring (bicyclic) bond motifs is 1. The zero-order chi connectivity index (χ0) is 21.3. The van der Waals surface area contributed by atoms with Crippen LogP contribution in [0.25, 0.3) is 0 Å². The maximum atomic E-state index is 13.1. The highest BCUT2D eigenvalue weighted by atomic mass is 35.5. The minimum atomic E-state index is -0.446. The Bertz CT molecular complexity index is 1110. The highest BCUT2D eigenvalue weighted by Gasteiger charge is 2.28. The van der Waals surface area contributed by atoms with Gasteiger partial charge in [0.1, 0.15) is 6.61 Å². The topological polar surface area (TPSA) is 72.7 Å². The molecule has 0 atom stereocenters. The van der Waals surface area contributed by atoms with E-state index in [-0.39, 0.29) is 21.6 Å². The molecule has 0 N–H and O–H groups in total. The average Bonchev–Trinajstić information content (AvgIpc) is 3.16. The van der Waals surface area contributed by atoms with Gasteiger partial charge in [0.15, 0.2) is 5.75 Å². The summed E-state index contributed by atoms with van der Waals surface area (Å²) in [5, 5.41) is 11.5. The summed E-state index contributed by atoms with van der Waals surface area (Å²) in [4.78, 5) is 25.2. The zero-order valence-corrected chi connectivity index (χ0v) is 17.2. The Morgan fingerprint density at radius 1 is 1.07 bits per heavy atom. The number of hydrogen-bond acceptors (Lipinski definition) is 4. The fourth-order valence-corrected chi connectivity index (χ4v) is 4.02. The molecule has 0 unspecified atom stereocenters. The number of carbonyl (C=O) groups is 1. The second-order valence-corrected chi connectivity index (χ2v) is 7.63. The van der Waals surface area contributed by atoms with Gasteiger partial charge in [0.2, 0.25) is 0 Å². The van der Waals surface area contributed by atoms with E-state index in [0.717, 1.165) is 11.1 Å². The van der Waals surface area contributed by atoms with Gasteiger partial charge in [-0.1, -0.05) is 53.5 Å². The average molecular weight is 443 g/mol. The van der Waals surface area contributed by atoms with Crippen LogP contribution in [-0.2, 0) is 13.0 Å². The number of rotatable bonds is 5. The molecule has 1 amide bonds. The third kappa shape index (κ3) is 3.97. The molecule has 0 aromatic heterocycles. The third-order valence-corrected chi connectivity index (χ3v) is 5.45. The summed E-state index contributed by atoms with van der Waals surface area (Å²) in [5.41, 5.74) is 2.71. The molecule has 3 aromatic carbocycles. The van der Waals surface area contributed by atoms with E-state index in [9.17, 15) is 14.9 Å². The van der Waals surface area contributed by atoms with Crippen molar-refractivity contribution in [2.75, 3.05) is 11.4 Å². The number of amides is 1. The summed E-state index contributed by atoms with van der Waals surface area (Å²) in [7, 11) is 0. The standard InChI is InChI=1S/C22H16Cl2N2O4/c23-18-11-16(12-19(24)21(18)30-13-14-4-2-1-3-5-14)22(27)25-9-8-15-10-17(26(28)29)6-7-20(15)25/h1-7,10-12H,8-9,13H2. The van der Waals surface area contributed by atoms with Gasteiger partial charge in [-0.3, -0.25) is 14.9 Å². The molecule has 6 nitrogen and oxygen atoms in total. The van der Waals surface area contributed by atoms with Crippen LogP contribution in [0.15, 0.2) is 60.7 Å². The first-order valence-electron chi connectivity index (χ1n) is 9.19. The van der Waals surface area contributed by atoms with E-state index in [1.54, 1.807) is 11.0 Å². The van der Waals surface area contributed by atoms with E-state index < -0.39 is 4.92 Å². The molecular formula is C22H16Cl2N2O4. The second kappa shape index (κ2) is 8.34. The van der Waals surface area contributed by atoms with Crippen LogP contribution in [-0.4, -0.2) is 17.4 Å². The molecule has 0 radical (unpaired) electrons. The van der Waals surface area contributed by atoms with Gasteiger partial charge in [-0.05, 0) is 35.7 Å².